The van der Waals surface area contributed by atoms with Gasteiger partial charge in [0, 0.05) is 20.1 Å². The predicted octanol–water partition coefficient (Wildman–Crippen LogP) is -1.34. The van der Waals surface area contributed by atoms with Gasteiger partial charge in [0.25, 0.3) is 0 Å². The van der Waals surface area contributed by atoms with E-state index in [9.17, 15) is 8.42 Å². The van der Waals surface area contributed by atoms with Crippen molar-refractivity contribution in [2.24, 2.45) is 10.7 Å². The molecule has 0 bridgehead atoms. The fourth-order valence-electron chi connectivity index (χ4n) is 1.08. The third-order valence-electron chi connectivity index (χ3n) is 1.90. The van der Waals surface area contributed by atoms with E-state index in [1.807, 2.05) is 0 Å². The van der Waals surface area contributed by atoms with Crippen LogP contribution < -0.4 is 5.73 Å². The molecule has 1 saturated heterocycles. The first-order valence-electron chi connectivity index (χ1n) is 3.73. The van der Waals surface area contributed by atoms with Crippen molar-refractivity contribution < 1.29 is 8.42 Å². The first-order chi connectivity index (χ1) is 5.55. The Balaban J connectivity index is 2.58. The van der Waals surface area contributed by atoms with Gasteiger partial charge in [-0.3, -0.25) is 4.99 Å². The van der Waals surface area contributed by atoms with Crippen LogP contribution in [0.2, 0.25) is 0 Å². The Bertz CT molecular complexity index is 269. The highest BCUT2D eigenvalue weighted by Crippen LogP contribution is 2.02. The number of sulfone groups is 1. The SMILES string of the molecule is CN=C(N)N1CCS(=O)(=O)CC1. The van der Waals surface area contributed by atoms with Crippen LogP contribution in [0.25, 0.3) is 0 Å². The largest absolute Gasteiger partial charge is 0.370 e. The molecule has 0 aliphatic carbocycles. The van der Waals surface area contributed by atoms with E-state index in [0.29, 0.717) is 19.0 Å². The molecular formula is C6H13N3O2S. The van der Waals surface area contributed by atoms with Crippen LogP contribution in [0.15, 0.2) is 4.99 Å². The molecule has 2 N–H and O–H groups in total. The minimum atomic E-state index is -2.81. The fraction of sp³-hybridized carbons (Fsp3) is 0.833. The summed E-state index contributed by atoms with van der Waals surface area (Å²) in [7, 11) is -1.21. The van der Waals surface area contributed by atoms with Crippen LogP contribution in [0.4, 0.5) is 0 Å². The fourth-order valence-corrected chi connectivity index (χ4v) is 2.28. The van der Waals surface area contributed by atoms with Gasteiger partial charge in [0.1, 0.15) is 0 Å². The third-order valence-corrected chi connectivity index (χ3v) is 3.51. The normalized spacial score (nSPS) is 24.1. The van der Waals surface area contributed by atoms with Gasteiger partial charge < -0.3 is 10.6 Å². The van der Waals surface area contributed by atoms with E-state index < -0.39 is 9.84 Å². The zero-order valence-corrected chi connectivity index (χ0v) is 7.84. The van der Waals surface area contributed by atoms with E-state index in [1.165, 1.54) is 0 Å². The first-order valence-corrected chi connectivity index (χ1v) is 5.55. The number of hydrogen-bond donors (Lipinski definition) is 1. The van der Waals surface area contributed by atoms with Crippen LogP contribution >= 0.6 is 0 Å². The van der Waals surface area contributed by atoms with Crippen molar-refractivity contribution in [1.82, 2.24) is 4.90 Å². The second-order valence-electron chi connectivity index (χ2n) is 2.72. The molecule has 70 valence electrons. The van der Waals surface area contributed by atoms with Crippen LogP contribution in [-0.2, 0) is 9.84 Å². The Kier molecular flexibility index (Phi) is 2.56. The van der Waals surface area contributed by atoms with E-state index in [-0.39, 0.29) is 11.5 Å². The maximum Gasteiger partial charge on any atom is 0.191 e. The molecule has 0 aromatic rings. The van der Waals surface area contributed by atoms with Crippen LogP contribution in [0.1, 0.15) is 0 Å². The van der Waals surface area contributed by atoms with Gasteiger partial charge in [-0.1, -0.05) is 0 Å². The Morgan fingerprint density at radius 2 is 1.92 bits per heavy atom. The Hall–Kier alpha value is -0.780. The van der Waals surface area contributed by atoms with Crippen molar-refractivity contribution >= 4 is 15.8 Å². The molecule has 0 unspecified atom stereocenters. The molecule has 5 nitrogen and oxygen atoms in total. The van der Waals surface area contributed by atoms with E-state index in [1.54, 1.807) is 11.9 Å². The third kappa shape index (κ3) is 2.10. The Morgan fingerprint density at radius 3 is 2.33 bits per heavy atom. The van der Waals surface area contributed by atoms with Crippen LogP contribution in [-0.4, -0.2) is 50.9 Å². The maximum atomic E-state index is 11.0. The number of aliphatic imine (C=N–C) groups is 1. The van der Waals surface area contributed by atoms with Gasteiger partial charge in [-0.25, -0.2) is 8.42 Å². The highest BCUT2D eigenvalue weighted by molar-refractivity contribution is 7.91. The topological polar surface area (TPSA) is 75.8 Å². The zero-order valence-electron chi connectivity index (χ0n) is 7.02. The van der Waals surface area contributed by atoms with E-state index >= 15 is 0 Å². The first kappa shape index (κ1) is 9.31. The molecule has 0 spiro atoms. The molecule has 0 radical (unpaired) electrons. The molecule has 0 aromatic carbocycles. The summed E-state index contributed by atoms with van der Waals surface area (Å²) in [6.45, 7) is 0.928. The summed E-state index contributed by atoms with van der Waals surface area (Å²) < 4.78 is 22.0. The van der Waals surface area contributed by atoms with Gasteiger partial charge in [0.15, 0.2) is 15.8 Å². The molecule has 6 heteroatoms. The average Bonchev–Trinajstić information content (AvgIpc) is 2.03. The summed E-state index contributed by atoms with van der Waals surface area (Å²) in [6.07, 6.45) is 0. The Morgan fingerprint density at radius 1 is 1.42 bits per heavy atom. The van der Waals surface area contributed by atoms with Crippen molar-refractivity contribution in [3.05, 3.63) is 0 Å². The molecule has 0 saturated carbocycles. The number of guanidine groups is 1. The van der Waals surface area contributed by atoms with Gasteiger partial charge in [-0.15, -0.1) is 0 Å². The molecule has 12 heavy (non-hydrogen) atoms. The second kappa shape index (κ2) is 3.30. The van der Waals surface area contributed by atoms with E-state index in [0.717, 1.165) is 0 Å². The van der Waals surface area contributed by atoms with Crippen LogP contribution in [0.5, 0.6) is 0 Å². The van der Waals surface area contributed by atoms with Crippen molar-refractivity contribution in [1.29, 1.82) is 0 Å². The van der Waals surface area contributed by atoms with Crippen molar-refractivity contribution in [3.8, 4) is 0 Å². The van der Waals surface area contributed by atoms with Crippen LogP contribution in [0, 0.1) is 0 Å². The van der Waals surface area contributed by atoms with Gasteiger partial charge in [-0.05, 0) is 0 Å². The highest BCUT2D eigenvalue weighted by Gasteiger charge is 2.22. The van der Waals surface area contributed by atoms with Crippen molar-refractivity contribution in [2.45, 2.75) is 0 Å². The molecule has 1 fully saturated rings. The molecular weight excluding hydrogens is 178 g/mol. The summed E-state index contributed by atoms with van der Waals surface area (Å²) in [5, 5.41) is 0. The molecule has 0 atom stereocenters. The van der Waals surface area contributed by atoms with Gasteiger partial charge >= 0.3 is 0 Å². The van der Waals surface area contributed by atoms with E-state index in [2.05, 4.69) is 4.99 Å². The number of nitrogens with two attached hydrogens (primary N) is 1. The summed E-state index contributed by atoms with van der Waals surface area (Å²) in [5.74, 6) is 0.789. The average molecular weight is 191 g/mol. The lowest BCUT2D eigenvalue weighted by Gasteiger charge is -2.27. The van der Waals surface area contributed by atoms with Crippen LogP contribution in [0.3, 0.4) is 0 Å². The minimum Gasteiger partial charge on any atom is -0.370 e. The van der Waals surface area contributed by atoms with E-state index in [4.69, 9.17) is 5.73 Å². The zero-order chi connectivity index (χ0) is 9.19. The lowest BCUT2D eigenvalue weighted by Crippen LogP contribution is -2.47. The minimum absolute atomic E-state index is 0.184. The number of rotatable bonds is 0. The van der Waals surface area contributed by atoms with Gasteiger partial charge in [-0.2, -0.15) is 0 Å². The summed E-state index contributed by atoms with van der Waals surface area (Å²) in [5.41, 5.74) is 5.52. The summed E-state index contributed by atoms with van der Waals surface area (Å²) >= 11 is 0. The van der Waals surface area contributed by atoms with Gasteiger partial charge in [0.05, 0.1) is 11.5 Å². The van der Waals surface area contributed by atoms with Gasteiger partial charge in [0.2, 0.25) is 0 Å². The molecule has 1 heterocycles. The summed E-state index contributed by atoms with van der Waals surface area (Å²) in [4.78, 5) is 5.56. The smallest absolute Gasteiger partial charge is 0.191 e. The van der Waals surface area contributed by atoms with Crippen molar-refractivity contribution in [3.63, 3.8) is 0 Å². The Labute approximate surface area is 72.2 Å². The lowest BCUT2D eigenvalue weighted by molar-refractivity contribution is 0.438. The standard InChI is InChI=1S/C6H13N3O2S/c1-8-6(7)9-2-4-12(10,11)5-3-9/h2-5H2,1H3,(H2,7,8). The summed E-state index contributed by atoms with van der Waals surface area (Å²) in [6, 6.07) is 0. The quantitative estimate of drug-likeness (QED) is 0.380. The second-order valence-corrected chi connectivity index (χ2v) is 5.02. The molecule has 0 aromatic heterocycles. The monoisotopic (exact) mass is 191 g/mol. The van der Waals surface area contributed by atoms with Crippen molar-refractivity contribution in [2.75, 3.05) is 31.6 Å². The number of hydrogen-bond acceptors (Lipinski definition) is 3. The number of nitrogens with zero attached hydrogens (tertiary/aromatic N) is 2. The maximum absolute atomic E-state index is 11.0. The molecule has 1 aliphatic rings. The molecule has 1 rings (SSSR count). The predicted molar refractivity (Wildman–Crippen MR) is 47.8 cm³/mol. The molecule has 0 amide bonds. The lowest BCUT2D eigenvalue weighted by atomic mass is 10.5. The molecule has 1 aliphatic heterocycles. The highest BCUT2D eigenvalue weighted by atomic mass is 32.2.